The number of rotatable bonds is 9. The lowest BCUT2D eigenvalue weighted by Gasteiger charge is -2.37. The molecule has 1 saturated heterocycles. The van der Waals surface area contributed by atoms with Crippen molar-refractivity contribution in [2.24, 2.45) is 15.1 Å². The zero-order valence-electron chi connectivity index (χ0n) is 35.9. The number of ether oxygens (including phenoxy) is 1. The molecule has 5 heterocycles. The third-order valence-electron chi connectivity index (χ3n) is 13.0. The van der Waals surface area contributed by atoms with Crippen LogP contribution in [0.2, 0.25) is 0 Å². The van der Waals surface area contributed by atoms with Crippen LogP contribution in [0, 0.1) is 19.7 Å². The summed E-state index contributed by atoms with van der Waals surface area (Å²) in [5.74, 6) is 0.822. The fraction of sp³-hybridized carbons (Fsp3) is 0.370. The molecular formula is C46H50FN9O5S2. The molecule has 9 rings (SSSR count). The molecule has 0 spiro atoms. The average molecular weight is 892 g/mol. The van der Waals surface area contributed by atoms with Crippen molar-refractivity contribution in [3.8, 4) is 5.69 Å². The molecule has 3 N–H and O–H groups in total. The van der Waals surface area contributed by atoms with Gasteiger partial charge in [-0.2, -0.15) is 4.37 Å². The lowest BCUT2D eigenvalue weighted by molar-refractivity contribution is 0.0697. The number of aromatic nitrogens is 5. The minimum atomic E-state index is -2.59. The Morgan fingerprint density at radius 1 is 1.05 bits per heavy atom. The van der Waals surface area contributed by atoms with E-state index < -0.39 is 27.0 Å². The van der Waals surface area contributed by atoms with E-state index in [1.807, 2.05) is 19.9 Å². The molecule has 6 aromatic rings. The number of aryl methyl sites for hydroxylation is 2. The summed E-state index contributed by atoms with van der Waals surface area (Å²) >= 11 is 0.867. The third-order valence-corrected chi connectivity index (χ3v) is 15.9. The standard InChI is InChI=1S/C46H50FN9O5S2/c1-6-63(60,49-5)35-10-8-34(9-11-35)54-19-20-55(45(54)59)41(50-33-23-27(2)40(47)28(3)24-33)39-29(4)53(18-13-36(39)48)42(57)38-26-32-25-31(30-14-21-61-22-15-30)7-12-37(32)56(38)46(16-17-46)43-51-44(58)62-52-43/h7-12,19-20,23-26,29-30H,6,13-18,21-22,48H2,1-5H3,(H,51,52,58)/t29-,63?/m0/s1. The number of aliphatic imine (C=N–C) groups is 1. The van der Waals surface area contributed by atoms with Gasteiger partial charge in [0, 0.05) is 90.0 Å². The number of benzene rings is 3. The summed E-state index contributed by atoms with van der Waals surface area (Å²) < 4.78 is 47.4. The summed E-state index contributed by atoms with van der Waals surface area (Å²) in [5.41, 5.74) is 10.9. The smallest absolute Gasteiger partial charge is 0.338 e. The fourth-order valence-electron chi connectivity index (χ4n) is 9.31. The van der Waals surface area contributed by atoms with E-state index in [1.54, 1.807) is 67.5 Å². The van der Waals surface area contributed by atoms with Crippen molar-refractivity contribution in [2.75, 3.05) is 32.6 Å². The number of hydrogen-bond donors (Lipinski definition) is 2. The van der Waals surface area contributed by atoms with Gasteiger partial charge >= 0.3 is 10.6 Å². The van der Waals surface area contributed by atoms with E-state index in [4.69, 9.17) is 15.5 Å². The third kappa shape index (κ3) is 7.38. The van der Waals surface area contributed by atoms with E-state index >= 15 is 4.79 Å². The lowest BCUT2D eigenvalue weighted by Crippen LogP contribution is -2.48. The van der Waals surface area contributed by atoms with E-state index in [-0.39, 0.29) is 22.4 Å². The Morgan fingerprint density at radius 3 is 2.40 bits per heavy atom. The first-order valence-corrected chi connectivity index (χ1v) is 23.7. The van der Waals surface area contributed by atoms with Crippen LogP contribution in [-0.2, 0) is 20.0 Å². The molecule has 14 nitrogen and oxygen atoms in total. The number of hydrogen-bond acceptors (Lipinski definition) is 10. The Kier molecular flexibility index (Phi) is 11.0. The molecule has 3 aromatic heterocycles. The molecule has 3 aliphatic rings. The molecule has 2 aliphatic heterocycles. The van der Waals surface area contributed by atoms with Gasteiger partial charge in [0.1, 0.15) is 28.7 Å². The molecule has 2 fully saturated rings. The van der Waals surface area contributed by atoms with Crippen LogP contribution in [0.1, 0.15) is 84.9 Å². The predicted molar refractivity (Wildman–Crippen MR) is 244 cm³/mol. The van der Waals surface area contributed by atoms with Crippen LogP contribution >= 0.6 is 11.5 Å². The summed E-state index contributed by atoms with van der Waals surface area (Å²) in [6.07, 6.45) is 6.72. The number of H-pyrrole nitrogens is 1. The highest BCUT2D eigenvalue weighted by Gasteiger charge is 2.52. The van der Waals surface area contributed by atoms with Crippen molar-refractivity contribution >= 4 is 49.6 Å². The molecule has 328 valence electrons. The van der Waals surface area contributed by atoms with E-state index in [2.05, 4.69) is 36.5 Å². The maximum absolute atomic E-state index is 15.3. The van der Waals surface area contributed by atoms with Gasteiger partial charge in [0.15, 0.2) is 0 Å². The number of nitrogens with zero attached hydrogens (tertiary/aromatic N) is 7. The second kappa shape index (κ2) is 16.3. The second-order valence-corrected chi connectivity index (χ2v) is 20.1. The van der Waals surface area contributed by atoms with E-state index in [9.17, 15) is 18.2 Å². The lowest BCUT2D eigenvalue weighted by atomic mass is 9.91. The number of halogens is 1. The molecule has 1 amide bonds. The van der Waals surface area contributed by atoms with Crippen LogP contribution in [0.3, 0.4) is 0 Å². The van der Waals surface area contributed by atoms with Crippen molar-refractivity contribution in [1.82, 2.24) is 28.0 Å². The summed E-state index contributed by atoms with van der Waals surface area (Å²) in [6.45, 7) is 8.71. The van der Waals surface area contributed by atoms with Gasteiger partial charge in [-0.15, -0.1) is 0 Å². The van der Waals surface area contributed by atoms with Gasteiger partial charge in [0.05, 0.1) is 27.1 Å². The Balaban J connectivity index is 1.15. The number of fused-ring (bicyclic) bond motifs is 1. The molecule has 17 heteroatoms. The van der Waals surface area contributed by atoms with E-state index in [1.165, 1.54) is 21.7 Å². The normalized spacial score (nSPS) is 19.1. The van der Waals surface area contributed by atoms with Crippen LogP contribution < -0.4 is 16.3 Å². The molecule has 3 aromatic carbocycles. The summed E-state index contributed by atoms with van der Waals surface area (Å²) in [5, 5.41) is 0.914. The number of carbonyl (C=O) groups is 1. The number of nitrogens with two attached hydrogens (primary N) is 1. The predicted octanol–water partition coefficient (Wildman–Crippen LogP) is 7.13. The van der Waals surface area contributed by atoms with Crippen LogP contribution in [0.25, 0.3) is 16.6 Å². The number of aromatic amines is 1. The Labute approximate surface area is 368 Å². The molecule has 2 atom stereocenters. The molecule has 1 unspecified atom stereocenters. The first-order valence-electron chi connectivity index (χ1n) is 21.3. The van der Waals surface area contributed by atoms with Gasteiger partial charge in [0.25, 0.3) is 5.91 Å². The van der Waals surface area contributed by atoms with Gasteiger partial charge in [-0.05, 0) is 124 Å². The van der Waals surface area contributed by atoms with Crippen molar-refractivity contribution in [1.29, 1.82) is 0 Å². The Hall–Kier alpha value is -5.91. The maximum atomic E-state index is 15.3. The van der Waals surface area contributed by atoms with Gasteiger partial charge in [-0.3, -0.25) is 23.7 Å². The van der Waals surface area contributed by atoms with Crippen molar-refractivity contribution in [3.63, 3.8) is 0 Å². The summed E-state index contributed by atoms with van der Waals surface area (Å²) in [6, 6.07) is 17.8. The average Bonchev–Trinajstić information content (AvgIpc) is 3.57. The zero-order chi connectivity index (χ0) is 44.4. The SMILES string of the molecule is CCS(=O)(=NC)c1ccc(-n2ccn(C(=Nc3cc(C)c(F)c(C)c3)C3=C(N)CCN(C(=O)c4cc5cc(C6CCOCC6)ccc5n4C4(c5nsc(=O)[nH]5)CC4)[C@H]3C)c2=O)cc1. The first kappa shape index (κ1) is 42.4. The van der Waals surface area contributed by atoms with Gasteiger partial charge in [-0.1, -0.05) is 13.0 Å². The van der Waals surface area contributed by atoms with Crippen molar-refractivity contribution in [2.45, 2.75) is 82.2 Å². The molecular weight excluding hydrogens is 842 g/mol. The summed E-state index contributed by atoms with van der Waals surface area (Å²) in [4.78, 5) is 52.4. The minimum absolute atomic E-state index is 0.197. The molecule has 63 heavy (non-hydrogen) atoms. The Bertz CT molecular complexity index is 3080. The molecule has 0 bridgehead atoms. The monoisotopic (exact) mass is 891 g/mol. The van der Waals surface area contributed by atoms with Gasteiger partial charge in [0.2, 0.25) is 0 Å². The largest absolute Gasteiger partial charge is 0.402 e. The zero-order valence-corrected chi connectivity index (χ0v) is 37.5. The number of imidazole rings is 1. The molecule has 1 aliphatic carbocycles. The summed E-state index contributed by atoms with van der Waals surface area (Å²) in [7, 11) is -1.05. The van der Waals surface area contributed by atoms with Gasteiger partial charge < -0.3 is 19.9 Å². The minimum Gasteiger partial charge on any atom is -0.402 e. The highest BCUT2D eigenvalue weighted by atomic mass is 32.2. The topological polar surface area (TPSA) is 175 Å². The number of nitrogens with one attached hydrogen (secondary N) is 1. The van der Waals surface area contributed by atoms with Crippen LogP contribution in [0.4, 0.5) is 10.1 Å². The van der Waals surface area contributed by atoms with Crippen LogP contribution in [-0.4, -0.2) is 82.5 Å². The fourth-order valence-corrected chi connectivity index (χ4v) is 11.2. The number of amides is 1. The van der Waals surface area contributed by atoms with Crippen molar-refractivity contribution < 1.29 is 18.1 Å². The van der Waals surface area contributed by atoms with Crippen molar-refractivity contribution in [3.05, 3.63) is 139 Å². The first-order chi connectivity index (χ1) is 30.3. The van der Waals surface area contributed by atoms with E-state index in [0.717, 1.165) is 35.3 Å². The quantitative estimate of drug-likeness (QED) is 0.115. The molecule has 0 radical (unpaired) electrons. The van der Waals surface area contributed by atoms with E-state index in [0.29, 0.717) is 101 Å². The molecule has 1 saturated carbocycles. The highest BCUT2D eigenvalue weighted by molar-refractivity contribution is 7.93. The second-order valence-electron chi connectivity index (χ2n) is 16.7. The van der Waals surface area contributed by atoms with Crippen LogP contribution in [0.5, 0.6) is 0 Å². The maximum Gasteiger partial charge on any atom is 0.338 e. The van der Waals surface area contributed by atoms with Crippen LogP contribution in [0.15, 0.2) is 108 Å². The highest BCUT2D eigenvalue weighted by Crippen LogP contribution is 2.51. The number of carbonyl (C=O) groups excluding carboxylic acids is 1. The van der Waals surface area contributed by atoms with Gasteiger partial charge in [-0.25, -0.2) is 22.7 Å². The Morgan fingerprint density at radius 2 is 1.76 bits per heavy atom.